The minimum absolute atomic E-state index is 0.326. The highest BCUT2D eigenvalue weighted by atomic mass is 79.9. The number of carbonyl (C=O) groups excluding carboxylic acids is 2. The number of benzene rings is 2. The lowest BCUT2D eigenvalue weighted by Gasteiger charge is -2.08. The van der Waals surface area contributed by atoms with Crippen molar-refractivity contribution in [1.29, 1.82) is 0 Å². The average Bonchev–Trinajstić information content (AvgIpc) is 2.71. The van der Waals surface area contributed by atoms with E-state index in [4.69, 9.17) is 4.74 Å². The smallest absolute Gasteiger partial charge is 0.343 e. The van der Waals surface area contributed by atoms with Crippen LogP contribution in [0.3, 0.4) is 0 Å². The fourth-order valence-corrected chi connectivity index (χ4v) is 2.65. The van der Waals surface area contributed by atoms with Crippen LogP contribution in [0.2, 0.25) is 0 Å². The van der Waals surface area contributed by atoms with Gasteiger partial charge in [0.2, 0.25) is 0 Å². The fraction of sp³-hybridized carbons (Fsp3) is 0.0476. The lowest BCUT2D eigenvalue weighted by Crippen LogP contribution is -2.18. The predicted molar refractivity (Wildman–Crippen MR) is 110 cm³/mol. The molecule has 0 spiro atoms. The fourth-order valence-electron chi connectivity index (χ4n) is 2.27. The molecule has 0 atom stereocenters. The molecule has 0 bridgehead atoms. The van der Waals surface area contributed by atoms with Crippen LogP contribution in [-0.4, -0.2) is 23.1 Å². The predicted octanol–water partition coefficient (Wildman–Crippen LogP) is 4.14. The molecule has 3 aromatic rings. The number of esters is 1. The van der Waals surface area contributed by atoms with E-state index in [9.17, 15) is 9.59 Å². The summed E-state index contributed by atoms with van der Waals surface area (Å²) in [5.74, 6) is -0.541. The molecular formula is C21H16BrN3O3. The summed E-state index contributed by atoms with van der Waals surface area (Å²) in [6.07, 6.45) is 2.89. The summed E-state index contributed by atoms with van der Waals surface area (Å²) in [7, 11) is 0. The summed E-state index contributed by atoms with van der Waals surface area (Å²) in [5, 5.41) is 3.96. The van der Waals surface area contributed by atoms with Crippen LogP contribution in [0.25, 0.3) is 0 Å². The van der Waals surface area contributed by atoms with E-state index in [1.807, 2.05) is 13.0 Å². The standard InChI is InChI=1S/C21H16BrN3O3/c1-14-7-8-16(12-23-14)20(26)25-24-13-17-11-18(22)9-10-19(17)28-21(27)15-5-3-2-4-6-15/h2-13H,1H3,(H,25,26)/b24-13-. The maximum absolute atomic E-state index is 12.3. The highest BCUT2D eigenvalue weighted by Gasteiger charge is 2.11. The van der Waals surface area contributed by atoms with E-state index >= 15 is 0 Å². The van der Waals surface area contributed by atoms with Gasteiger partial charge in [0.1, 0.15) is 5.75 Å². The van der Waals surface area contributed by atoms with Crippen LogP contribution in [0.5, 0.6) is 5.75 Å². The molecule has 3 rings (SSSR count). The number of ether oxygens (including phenoxy) is 1. The number of pyridine rings is 1. The largest absolute Gasteiger partial charge is 0.422 e. The van der Waals surface area contributed by atoms with Crippen LogP contribution < -0.4 is 10.2 Å². The number of aromatic nitrogens is 1. The minimum atomic E-state index is -0.479. The Morgan fingerprint density at radius 3 is 2.57 bits per heavy atom. The molecule has 0 aliphatic heterocycles. The first-order valence-corrected chi connectivity index (χ1v) is 9.15. The second kappa shape index (κ2) is 9.05. The Bertz CT molecular complexity index is 1020. The van der Waals surface area contributed by atoms with Crippen molar-refractivity contribution in [1.82, 2.24) is 10.4 Å². The average molecular weight is 438 g/mol. The van der Waals surface area contributed by atoms with E-state index in [1.165, 1.54) is 12.4 Å². The Morgan fingerprint density at radius 2 is 1.86 bits per heavy atom. The Labute approximate surface area is 170 Å². The number of carbonyl (C=O) groups is 2. The van der Waals surface area contributed by atoms with E-state index in [2.05, 4.69) is 31.4 Å². The van der Waals surface area contributed by atoms with E-state index in [1.54, 1.807) is 54.6 Å². The number of rotatable bonds is 5. The zero-order chi connectivity index (χ0) is 19.9. The molecule has 1 heterocycles. The molecule has 0 saturated carbocycles. The first kappa shape index (κ1) is 19.4. The van der Waals surface area contributed by atoms with Crippen LogP contribution in [0.1, 0.15) is 32.0 Å². The van der Waals surface area contributed by atoms with Gasteiger partial charge in [-0.15, -0.1) is 0 Å². The van der Waals surface area contributed by atoms with E-state index in [-0.39, 0.29) is 5.91 Å². The zero-order valence-electron chi connectivity index (χ0n) is 14.9. The van der Waals surface area contributed by atoms with Crippen molar-refractivity contribution in [2.45, 2.75) is 6.92 Å². The first-order valence-electron chi connectivity index (χ1n) is 8.36. The second-order valence-corrected chi connectivity index (χ2v) is 6.74. The van der Waals surface area contributed by atoms with Crippen molar-refractivity contribution in [3.8, 4) is 5.75 Å². The van der Waals surface area contributed by atoms with Gasteiger partial charge in [0.15, 0.2) is 0 Å². The number of hydrogen-bond donors (Lipinski definition) is 1. The third-order valence-electron chi connectivity index (χ3n) is 3.73. The van der Waals surface area contributed by atoms with Gasteiger partial charge in [-0.2, -0.15) is 5.10 Å². The molecule has 1 N–H and O–H groups in total. The Morgan fingerprint density at radius 1 is 1.07 bits per heavy atom. The monoisotopic (exact) mass is 437 g/mol. The van der Waals surface area contributed by atoms with Gasteiger partial charge in [-0.1, -0.05) is 34.1 Å². The number of nitrogens with one attached hydrogen (secondary N) is 1. The number of halogens is 1. The molecular weight excluding hydrogens is 422 g/mol. The van der Waals surface area contributed by atoms with Crippen molar-refractivity contribution < 1.29 is 14.3 Å². The van der Waals surface area contributed by atoms with Crippen LogP contribution in [0.4, 0.5) is 0 Å². The van der Waals surface area contributed by atoms with Crippen molar-refractivity contribution in [3.05, 3.63) is 93.7 Å². The van der Waals surface area contributed by atoms with Gasteiger partial charge in [-0.25, -0.2) is 10.2 Å². The molecule has 0 fully saturated rings. The zero-order valence-corrected chi connectivity index (χ0v) is 16.5. The molecule has 0 aliphatic rings. The summed E-state index contributed by atoms with van der Waals surface area (Å²) in [6.45, 7) is 1.84. The van der Waals surface area contributed by atoms with Crippen molar-refractivity contribution in [2.75, 3.05) is 0 Å². The molecule has 7 heteroatoms. The second-order valence-electron chi connectivity index (χ2n) is 5.83. The number of hydrogen-bond acceptors (Lipinski definition) is 5. The van der Waals surface area contributed by atoms with Crippen LogP contribution >= 0.6 is 15.9 Å². The molecule has 1 amide bonds. The molecule has 0 aliphatic carbocycles. The summed E-state index contributed by atoms with van der Waals surface area (Å²) in [5.41, 5.74) is 4.62. The quantitative estimate of drug-likeness (QED) is 0.281. The van der Waals surface area contributed by atoms with Gasteiger partial charge < -0.3 is 4.74 Å². The van der Waals surface area contributed by atoms with Gasteiger partial charge in [0.05, 0.1) is 17.3 Å². The number of amides is 1. The SMILES string of the molecule is Cc1ccc(C(=O)N/N=C\c2cc(Br)ccc2OC(=O)c2ccccc2)cn1. The minimum Gasteiger partial charge on any atom is -0.422 e. The number of nitrogens with zero attached hydrogens (tertiary/aromatic N) is 2. The molecule has 6 nitrogen and oxygen atoms in total. The Balaban J connectivity index is 1.73. The maximum Gasteiger partial charge on any atom is 0.343 e. The topological polar surface area (TPSA) is 80.6 Å². The lowest BCUT2D eigenvalue weighted by molar-refractivity contribution is 0.0734. The van der Waals surface area contributed by atoms with Crippen LogP contribution in [-0.2, 0) is 0 Å². The summed E-state index contributed by atoms with van der Waals surface area (Å²) in [4.78, 5) is 28.5. The van der Waals surface area contributed by atoms with Gasteiger partial charge >= 0.3 is 5.97 Å². The van der Waals surface area contributed by atoms with E-state index in [0.29, 0.717) is 22.4 Å². The molecule has 28 heavy (non-hydrogen) atoms. The van der Waals surface area contributed by atoms with Gasteiger partial charge in [-0.05, 0) is 49.4 Å². The first-order chi connectivity index (χ1) is 13.5. The summed E-state index contributed by atoms with van der Waals surface area (Å²) >= 11 is 3.37. The van der Waals surface area contributed by atoms with Gasteiger partial charge in [0, 0.05) is 21.9 Å². The van der Waals surface area contributed by atoms with Crippen molar-refractivity contribution >= 4 is 34.0 Å². The molecule has 0 unspecified atom stereocenters. The molecule has 1 aromatic heterocycles. The van der Waals surface area contributed by atoms with Gasteiger partial charge in [-0.3, -0.25) is 9.78 Å². The van der Waals surface area contributed by atoms with Crippen LogP contribution in [0, 0.1) is 6.92 Å². The molecule has 0 saturated heterocycles. The van der Waals surface area contributed by atoms with Gasteiger partial charge in [0.25, 0.3) is 5.91 Å². The summed E-state index contributed by atoms with van der Waals surface area (Å²) < 4.78 is 6.25. The molecule has 2 aromatic carbocycles. The Kier molecular flexibility index (Phi) is 6.29. The maximum atomic E-state index is 12.3. The third kappa shape index (κ3) is 5.11. The van der Waals surface area contributed by atoms with E-state index in [0.717, 1.165) is 10.2 Å². The Hall–Kier alpha value is -3.32. The number of aryl methyl sites for hydroxylation is 1. The van der Waals surface area contributed by atoms with Crippen molar-refractivity contribution in [2.24, 2.45) is 5.10 Å². The molecule has 140 valence electrons. The lowest BCUT2D eigenvalue weighted by atomic mass is 10.2. The number of hydrazone groups is 1. The normalized spacial score (nSPS) is 10.6. The van der Waals surface area contributed by atoms with Crippen LogP contribution in [0.15, 0.2) is 76.4 Å². The summed E-state index contributed by atoms with van der Waals surface area (Å²) in [6, 6.07) is 17.2. The van der Waals surface area contributed by atoms with Crippen molar-refractivity contribution in [3.63, 3.8) is 0 Å². The van der Waals surface area contributed by atoms with E-state index < -0.39 is 5.97 Å². The third-order valence-corrected chi connectivity index (χ3v) is 4.22. The highest BCUT2D eigenvalue weighted by molar-refractivity contribution is 9.10. The highest BCUT2D eigenvalue weighted by Crippen LogP contribution is 2.23. The molecule has 0 radical (unpaired) electrons.